The number of methoxy groups -OCH3 is 2. The SMILES string of the molecule is COC[C@H]1CCc2cc3c(c(NC(=O)N=S(N)(=O)c4cnn5c4OC[C@@H](OC)C5)c21)CCC3. The van der Waals surface area contributed by atoms with Crippen LogP contribution in [0.2, 0.25) is 0 Å². The third-order valence-corrected chi connectivity index (χ3v) is 8.05. The topological polar surface area (TPSA) is 130 Å². The third-order valence-electron chi connectivity index (χ3n) is 6.71. The molecule has 0 fully saturated rings. The van der Waals surface area contributed by atoms with Crippen LogP contribution in [0.3, 0.4) is 0 Å². The molecule has 0 saturated heterocycles. The summed E-state index contributed by atoms with van der Waals surface area (Å²) in [4.78, 5) is 13.1. The lowest BCUT2D eigenvalue weighted by Crippen LogP contribution is -2.32. The van der Waals surface area contributed by atoms with Crippen molar-refractivity contribution in [1.82, 2.24) is 9.78 Å². The van der Waals surface area contributed by atoms with Gasteiger partial charge in [-0.05, 0) is 54.4 Å². The van der Waals surface area contributed by atoms with Gasteiger partial charge in [-0.1, -0.05) is 6.07 Å². The molecule has 0 spiro atoms. The van der Waals surface area contributed by atoms with Crippen LogP contribution in [0.4, 0.5) is 10.5 Å². The van der Waals surface area contributed by atoms with Gasteiger partial charge in [0.1, 0.15) is 17.6 Å². The van der Waals surface area contributed by atoms with Crippen LogP contribution in [0.25, 0.3) is 0 Å². The number of nitrogens with one attached hydrogen (secondary N) is 1. The first-order valence-corrected chi connectivity index (χ1v) is 12.7. The molecule has 33 heavy (non-hydrogen) atoms. The molecule has 0 bridgehead atoms. The molecule has 3 atom stereocenters. The average Bonchev–Trinajstić information content (AvgIpc) is 3.51. The Morgan fingerprint density at radius 1 is 1.36 bits per heavy atom. The Morgan fingerprint density at radius 2 is 2.21 bits per heavy atom. The van der Waals surface area contributed by atoms with Gasteiger partial charge in [0.2, 0.25) is 5.88 Å². The number of hydrogen-bond donors (Lipinski definition) is 2. The lowest BCUT2D eigenvalue weighted by atomic mass is 9.94. The van der Waals surface area contributed by atoms with Gasteiger partial charge in [-0.2, -0.15) is 5.10 Å². The van der Waals surface area contributed by atoms with Gasteiger partial charge in [-0.25, -0.2) is 18.8 Å². The molecule has 11 heteroatoms. The molecular formula is C22H29N5O5S. The van der Waals surface area contributed by atoms with Crippen molar-refractivity contribution < 1.29 is 23.2 Å². The van der Waals surface area contributed by atoms with E-state index in [1.165, 1.54) is 22.0 Å². The summed E-state index contributed by atoms with van der Waals surface area (Å²) >= 11 is 0. The van der Waals surface area contributed by atoms with E-state index in [1.807, 2.05) is 0 Å². The molecular weight excluding hydrogens is 446 g/mol. The van der Waals surface area contributed by atoms with E-state index in [0.29, 0.717) is 13.2 Å². The van der Waals surface area contributed by atoms with Gasteiger partial charge in [0, 0.05) is 25.8 Å². The Morgan fingerprint density at radius 3 is 3.00 bits per heavy atom. The summed E-state index contributed by atoms with van der Waals surface area (Å²) in [6.07, 6.45) is 6.04. The number of ether oxygens (including phenoxy) is 3. The molecule has 1 aromatic heterocycles. The van der Waals surface area contributed by atoms with Crippen molar-refractivity contribution in [2.45, 2.75) is 55.6 Å². The molecule has 10 nitrogen and oxygen atoms in total. The highest BCUT2D eigenvalue weighted by molar-refractivity contribution is 7.91. The largest absolute Gasteiger partial charge is 0.474 e. The maximum absolute atomic E-state index is 13.3. The Hall–Kier alpha value is -2.47. The van der Waals surface area contributed by atoms with E-state index in [9.17, 15) is 9.00 Å². The molecule has 0 saturated carbocycles. The molecule has 2 heterocycles. The number of aryl methyl sites for hydroxylation is 2. The van der Waals surface area contributed by atoms with E-state index in [2.05, 4.69) is 20.8 Å². The summed E-state index contributed by atoms with van der Waals surface area (Å²) < 4.78 is 35.0. The van der Waals surface area contributed by atoms with Crippen molar-refractivity contribution in [3.8, 4) is 5.88 Å². The predicted molar refractivity (Wildman–Crippen MR) is 122 cm³/mol. The first-order valence-electron chi connectivity index (χ1n) is 11.1. The number of urea groups is 1. The highest BCUT2D eigenvalue weighted by Gasteiger charge is 2.32. The zero-order valence-corrected chi connectivity index (χ0v) is 19.7. The summed E-state index contributed by atoms with van der Waals surface area (Å²) in [6, 6.07) is 1.54. The Kier molecular flexibility index (Phi) is 5.89. The fourth-order valence-corrected chi connectivity index (χ4v) is 6.18. The fourth-order valence-electron chi connectivity index (χ4n) is 5.18. The van der Waals surface area contributed by atoms with Crippen molar-refractivity contribution in [2.75, 3.05) is 32.8 Å². The van der Waals surface area contributed by atoms with Crippen molar-refractivity contribution in [1.29, 1.82) is 0 Å². The Balaban J connectivity index is 1.47. The predicted octanol–water partition coefficient (Wildman–Crippen LogP) is 2.39. The standard InChI is InChI=1S/C22H29N5O5S/c1-30-11-15-7-6-14-8-13-4-3-5-17(13)20(19(14)15)25-22(28)26-33(23,29)18-9-24-27-10-16(31-2)12-32-21(18)27/h8-9,15-16H,3-7,10-12H2,1-2H3,(H3,23,25,26,28,29)/t15-,16+,33?/m1/s1. The normalized spacial score (nSPS) is 22.6. The number of carbonyl (C=O) groups is 1. The number of aromatic nitrogens is 2. The van der Waals surface area contributed by atoms with Crippen LogP contribution in [0.5, 0.6) is 5.88 Å². The van der Waals surface area contributed by atoms with Crippen LogP contribution >= 0.6 is 0 Å². The number of carbonyl (C=O) groups excluding carboxylic acids is 1. The number of nitrogens with zero attached hydrogens (tertiary/aromatic N) is 3. The van der Waals surface area contributed by atoms with Crippen LogP contribution in [-0.2, 0) is 45.2 Å². The second-order valence-electron chi connectivity index (χ2n) is 8.76. The highest BCUT2D eigenvalue weighted by Crippen LogP contribution is 2.44. The van der Waals surface area contributed by atoms with Crippen LogP contribution in [0.15, 0.2) is 21.5 Å². The van der Waals surface area contributed by atoms with Gasteiger partial charge in [0.05, 0.1) is 19.3 Å². The van der Waals surface area contributed by atoms with E-state index in [0.717, 1.165) is 48.9 Å². The lowest BCUT2D eigenvalue weighted by molar-refractivity contribution is 0.0165. The fraction of sp³-hybridized carbons (Fsp3) is 0.545. The molecule has 2 aromatic rings. The van der Waals surface area contributed by atoms with E-state index in [1.54, 1.807) is 14.2 Å². The average molecular weight is 476 g/mol. The van der Waals surface area contributed by atoms with Crippen molar-refractivity contribution in [3.63, 3.8) is 0 Å². The van der Waals surface area contributed by atoms with E-state index in [-0.39, 0.29) is 29.4 Å². The monoisotopic (exact) mass is 475 g/mol. The zero-order chi connectivity index (χ0) is 23.2. The summed E-state index contributed by atoms with van der Waals surface area (Å²) in [5, 5.41) is 13.2. The number of anilines is 1. The van der Waals surface area contributed by atoms with Crippen molar-refractivity contribution in [2.24, 2.45) is 9.50 Å². The first-order chi connectivity index (χ1) is 15.9. The molecule has 2 amide bonds. The van der Waals surface area contributed by atoms with Gasteiger partial charge in [-0.3, -0.25) is 0 Å². The van der Waals surface area contributed by atoms with Gasteiger partial charge in [0.25, 0.3) is 0 Å². The summed E-state index contributed by atoms with van der Waals surface area (Å²) in [7, 11) is -0.291. The second kappa shape index (κ2) is 8.71. The van der Waals surface area contributed by atoms with E-state index >= 15 is 0 Å². The number of hydrogen-bond acceptors (Lipinski definition) is 6. The summed E-state index contributed by atoms with van der Waals surface area (Å²) in [6.45, 7) is 1.30. The minimum Gasteiger partial charge on any atom is -0.474 e. The number of nitrogens with two attached hydrogens (primary N) is 1. The minimum absolute atomic E-state index is 0.105. The highest BCUT2D eigenvalue weighted by atomic mass is 32.2. The maximum atomic E-state index is 13.3. The maximum Gasteiger partial charge on any atom is 0.354 e. The molecule has 1 unspecified atom stereocenters. The number of fused-ring (bicyclic) bond motifs is 3. The van der Waals surface area contributed by atoms with Gasteiger partial charge in [-0.15, -0.1) is 4.36 Å². The van der Waals surface area contributed by atoms with Crippen molar-refractivity contribution in [3.05, 3.63) is 34.5 Å². The number of benzene rings is 1. The van der Waals surface area contributed by atoms with Gasteiger partial charge in [0.15, 0.2) is 9.92 Å². The van der Waals surface area contributed by atoms with Gasteiger partial charge >= 0.3 is 6.03 Å². The van der Waals surface area contributed by atoms with Crippen LogP contribution in [-0.4, -0.2) is 53.6 Å². The third kappa shape index (κ3) is 4.03. The summed E-state index contributed by atoms with van der Waals surface area (Å²) in [5.74, 6) is 0.465. The molecule has 3 aliphatic rings. The number of rotatable bonds is 5. The van der Waals surface area contributed by atoms with Crippen LogP contribution in [0, 0.1) is 0 Å². The van der Waals surface area contributed by atoms with E-state index < -0.39 is 15.9 Å². The Labute approximate surface area is 193 Å². The second-order valence-corrected chi connectivity index (χ2v) is 10.5. The molecule has 0 radical (unpaired) electrons. The Bertz CT molecular complexity index is 1220. The first kappa shape index (κ1) is 22.3. The molecule has 2 aliphatic carbocycles. The van der Waals surface area contributed by atoms with Crippen LogP contribution < -0.4 is 15.2 Å². The molecule has 5 rings (SSSR count). The lowest BCUT2D eigenvalue weighted by Gasteiger charge is -2.23. The van der Waals surface area contributed by atoms with E-state index in [4.69, 9.17) is 19.3 Å². The minimum atomic E-state index is -3.56. The van der Waals surface area contributed by atoms with Crippen molar-refractivity contribution >= 4 is 21.6 Å². The smallest absolute Gasteiger partial charge is 0.354 e. The molecule has 1 aliphatic heterocycles. The molecule has 178 valence electrons. The summed E-state index contributed by atoms with van der Waals surface area (Å²) in [5.41, 5.74) is 5.55. The zero-order valence-electron chi connectivity index (χ0n) is 18.8. The van der Waals surface area contributed by atoms with Crippen LogP contribution in [0.1, 0.15) is 41.0 Å². The molecule has 3 N–H and O–H groups in total. The van der Waals surface area contributed by atoms with Gasteiger partial charge < -0.3 is 19.5 Å². The quantitative estimate of drug-likeness (QED) is 0.683. The number of amides is 2. The molecule has 1 aromatic carbocycles.